The number of nitrogens with one attached hydrogen (secondary N) is 1. The van der Waals surface area contributed by atoms with E-state index in [-0.39, 0.29) is 5.11 Å². The van der Waals surface area contributed by atoms with Crippen LogP contribution in [0.4, 0.5) is 18.9 Å². The lowest BCUT2D eigenvalue weighted by Crippen LogP contribution is -2.19. The van der Waals surface area contributed by atoms with Gasteiger partial charge in [-0.1, -0.05) is 0 Å². The highest BCUT2D eigenvalue weighted by Gasteiger charge is 2.30. The fourth-order valence-corrected chi connectivity index (χ4v) is 1.93. The van der Waals surface area contributed by atoms with Gasteiger partial charge in [0.2, 0.25) is 0 Å². The predicted octanol–water partition coefficient (Wildman–Crippen LogP) is 4.46. The smallest absolute Gasteiger partial charge is 0.416 e. The number of thiocarbonyl (C=S) groups is 1. The molecule has 2 aromatic carbocycles. The highest BCUT2D eigenvalue weighted by molar-refractivity contribution is 7.80. The molecule has 0 radical (unpaired) electrons. The van der Waals surface area contributed by atoms with Crippen LogP contribution < -0.4 is 15.8 Å². The third-order valence-electron chi connectivity index (χ3n) is 2.87. The van der Waals surface area contributed by atoms with Gasteiger partial charge in [0.1, 0.15) is 11.5 Å². The molecule has 0 fully saturated rings. The zero-order chi connectivity index (χ0) is 16.3. The fraction of sp³-hybridized carbons (Fsp3) is 0.133. The summed E-state index contributed by atoms with van der Waals surface area (Å²) in [6, 6.07) is 9.64. The van der Waals surface area contributed by atoms with E-state index in [1.165, 1.54) is 12.1 Å². The summed E-state index contributed by atoms with van der Waals surface area (Å²) in [7, 11) is 0. The molecule has 7 heteroatoms. The first-order valence-electron chi connectivity index (χ1n) is 6.28. The fourth-order valence-electron chi connectivity index (χ4n) is 1.82. The molecule has 0 aliphatic carbocycles. The standard InChI is InChI=1S/C15H13F3N2OS/c1-9-8-12(6-7-13(9)20-14(19)22)21-11-4-2-10(3-5-11)15(16,17)18/h2-8H,1H3,(H3,19,20,22). The molecule has 0 saturated heterocycles. The highest BCUT2D eigenvalue weighted by Crippen LogP contribution is 2.32. The van der Waals surface area contributed by atoms with Crippen molar-refractivity contribution in [2.75, 3.05) is 5.32 Å². The van der Waals surface area contributed by atoms with E-state index in [2.05, 4.69) is 5.32 Å². The minimum atomic E-state index is -4.36. The number of halogens is 3. The number of nitrogens with two attached hydrogens (primary N) is 1. The average molecular weight is 326 g/mol. The molecule has 0 aliphatic heterocycles. The molecule has 3 nitrogen and oxygen atoms in total. The Morgan fingerprint density at radius 1 is 1.09 bits per heavy atom. The van der Waals surface area contributed by atoms with Crippen molar-refractivity contribution < 1.29 is 17.9 Å². The van der Waals surface area contributed by atoms with Crippen LogP contribution in [0.1, 0.15) is 11.1 Å². The Hall–Kier alpha value is -2.28. The molecule has 0 bridgehead atoms. The summed E-state index contributed by atoms with van der Waals surface area (Å²) in [5.41, 5.74) is 6.27. The molecular weight excluding hydrogens is 313 g/mol. The molecule has 0 spiro atoms. The number of ether oxygens (including phenoxy) is 1. The van der Waals surface area contributed by atoms with Gasteiger partial charge in [0.15, 0.2) is 5.11 Å². The van der Waals surface area contributed by atoms with Crippen LogP contribution in [0.2, 0.25) is 0 Å². The summed E-state index contributed by atoms with van der Waals surface area (Å²) >= 11 is 4.76. The molecular formula is C15H13F3N2OS. The first-order chi connectivity index (χ1) is 10.3. The normalized spacial score (nSPS) is 11.1. The van der Waals surface area contributed by atoms with Crippen molar-refractivity contribution >= 4 is 23.0 Å². The molecule has 0 aromatic heterocycles. The molecule has 116 valence electrons. The zero-order valence-electron chi connectivity index (χ0n) is 11.6. The van der Waals surface area contributed by atoms with Gasteiger partial charge in [-0.3, -0.25) is 0 Å². The van der Waals surface area contributed by atoms with Crippen molar-refractivity contribution in [3.63, 3.8) is 0 Å². The lowest BCUT2D eigenvalue weighted by molar-refractivity contribution is -0.137. The molecule has 0 unspecified atom stereocenters. The van der Waals surface area contributed by atoms with Gasteiger partial charge in [-0.05, 0) is 67.2 Å². The Kier molecular flexibility index (Phi) is 4.56. The van der Waals surface area contributed by atoms with E-state index in [4.69, 9.17) is 22.7 Å². The summed E-state index contributed by atoms with van der Waals surface area (Å²) in [5.74, 6) is 0.827. The van der Waals surface area contributed by atoms with Crippen LogP contribution in [0.5, 0.6) is 11.5 Å². The Bertz CT molecular complexity index is 684. The lowest BCUT2D eigenvalue weighted by atomic mass is 10.2. The second kappa shape index (κ2) is 6.23. The second-order valence-corrected chi connectivity index (χ2v) is 5.03. The molecule has 0 heterocycles. The number of anilines is 1. The lowest BCUT2D eigenvalue weighted by Gasteiger charge is -2.12. The molecule has 0 saturated carbocycles. The molecule has 2 rings (SSSR count). The Balaban J connectivity index is 2.14. The summed E-state index contributed by atoms with van der Waals surface area (Å²) in [6.07, 6.45) is -4.36. The van der Waals surface area contributed by atoms with Crippen LogP contribution in [-0.2, 0) is 6.18 Å². The van der Waals surface area contributed by atoms with Crippen LogP contribution in [0.15, 0.2) is 42.5 Å². The van der Waals surface area contributed by atoms with Gasteiger partial charge in [-0.25, -0.2) is 0 Å². The molecule has 22 heavy (non-hydrogen) atoms. The number of aryl methyl sites for hydroxylation is 1. The molecule has 3 N–H and O–H groups in total. The molecule has 0 amide bonds. The van der Waals surface area contributed by atoms with Crippen molar-refractivity contribution in [1.82, 2.24) is 0 Å². The number of hydrogen-bond donors (Lipinski definition) is 2. The van der Waals surface area contributed by atoms with Gasteiger partial charge >= 0.3 is 6.18 Å². The van der Waals surface area contributed by atoms with Crippen molar-refractivity contribution in [3.05, 3.63) is 53.6 Å². The first kappa shape index (κ1) is 16.1. The Labute approximate surface area is 130 Å². The monoisotopic (exact) mass is 326 g/mol. The van der Waals surface area contributed by atoms with E-state index >= 15 is 0 Å². The maximum atomic E-state index is 12.5. The minimum absolute atomic E-state index is 0.152. The Morgan fingerprint density at radius 3 is 2.18 bits per heavy atom. The highest BCUT2D eigenvalue weighted by atomic mass is 32.1. The molecule has 0 aliphatic rings. The summed E-state index contributed by atoms with van der Waals surface area (Å²) in [6.45, 7) is 1.83. The average Bonchev–Trinajstić information content (AvgIpc) is 2.41. The van der Waals surface area contributed by atoms with Crippen LogP contribution in [-0.4, -0.2) is 5.11 Å². The van der Waals surface area contributed by atoms with Crippen molar-refractivity contribution in [2.45, 2.75) is 13.1 Å². The maximum Gasteiger partial charge on any atom is 0.416 e. The number of benzene rings is 2. The van der Waals surface area contributed by atoms with Crippen LogP contribution >= 0.6 is 12.2 Å². The van der Waals surface area contributed by atoms with Gasteiger partial charge in [-0.15, -0.1) is 0 Å². The summed E-state index contributed by atoms with van der Waals surface area (Å²) in [5, 5.41) is 2.97. The van der Waals surface area contributed by atoms with Crippen LogP contribution in [0.25, 0.3) is 0 Å². The molecule has 2 aromatic rings. The Morgan fingerprint density at radius 2 is 1.68 bits per heavy atom. The van der Waals surface area contributed by atoms with Crippen LogP contribution in [0, 0.1) is 6.92 Å². The first-order valence-corrected chi connectivity index (χ1v) is 6.69. The zero-order valence-corrected chi connectivity index (χ0v) is 12.4. The summed E-state index contributed by atoms with van der Waals surface area (Å²) in [4.78, 5) is 0. The largest absolute Gasteiger partial charge is 0.457 e. The predicted molar refractivity (Wildman–Crippen MR) is 83.1 cm³/mol. The number of alkyl halides is 3. The maximum absolute atomic E-state index is 12.5. The van der Waals surface area contributed by atoms with Gasteiger partial charge in [0, 0.05) is 5.69 Å². The van der Waals surface area contributed by atoms with Crippen molar-refractivity contribution in [3.8, 4) is 11.5 Å². The van der Waals surface area contributed by atoms with E-state index in [1.807, 2.05) is 6.92 Å². The quantitative estimate of drug-likeness (QED) is 0.818. The van der Waals surface area contributed by atoms with Gasteiger partial charge in [-0.2, -0.15) is 13.2 Å². The number of rotatable bonds is 3. The summed E-state index contributed by atoms with van der Waals surface area (Å²) < 4.78 is 43.0. The van der Waals surface area contributed by atoms with Crippen molar-refractivity contribution in [2.24, 2.45) is 5.73 Å². The molecule has 0 atom stereocenters. The third-order valence-corrected chi connectivity index (χ3v) is 2.98. The van der Waals surface area contributed by atoms with Crippen LogP contribution in [0.3, 0.4) is 0 Å². The second-order valence-electron chi connectivity index (χ2n) is 4.59. The SMILES string of the molecule is Cc1cc(Oc2ccc(C(F)(F)F)cc2)ccc1NC(N)=S. The third kappa shape index (κ3) is 4.11. The van der Waals surface area contributed by atoms with E-state index in [1.54, 1.807) is 18.2 Å². The van der Waals surface area contributed by atoms with Gasteiger partial charge in [0.25, 0.3) is 0 Å². The van der Waals surface area contributed by atoms with E-state index in [0.29, 0.717) is 11.5 Å². The minimum Gasteiger partial charge on any atom is -0.457 e. The van der Waals surface area contributed by atoms with Crippen molar-refractivity contribution in [1.29, 1.82) is 0 Å². The topological polar surface area (TPSA) is 47.3 Å². The van der Waals surface area contributed by atoms with E-state index in [0.717, 1.165) is 23.4 Å². The number of hydrogen-bond acceptors (Lipinski definition) is 2. The van der Waals surface area contributed by atoms with Gasteiger partial charge in [0.05, 0.1) is 5.56 Å². The van der Waals surface area contributed by atoms with Gasteiger partial charge < -0.3 is 15.8 Å². The van der Waals surface area contributed by atoms with E-state index < -0.39 is 11.7 Å². The van der Waals surface area contributed by atoms with E-state index in [9.17, 15) is 13.2 Å².